The Morgan fingerprint density at radius 2 is 1.57 bits per heavy atom. The van der Waals surface area contributed by atoms with Crippen molar-refractivity contribution in [2.45, 2.75) is 190 Å². The molecule has 0 amide bonds. The summed E-state index contributed by atoms with van der Waals surface area (Å²) in [4.78, 5) is 12.1. The number of hydrogen-bond donors (Lipinski definition) is 2. The fourth-order valence-electron chi connectivity index (χ4n) is 6.73. The number of carbonyl (C=O) groups is 1. The van der Waals surface area contributed by atoms with E-state index >= 15 is 8.42 Å². The smallest absolute Gasteiger partial charge is 0.305 e. The van der Waals surface area contributed by atoms with Gasteiger partial charge in [-0.25, -0.2) is 8.42 Å². The average molecular weight is 808 g/mol. The van der Waals surface area contributed by atoms with Crippen LogP contribution in [0.25, 0.3) is 0 Å². The Bertz CT molecular complexity index is 1470. The van der Waals surface area contributed by atoms with Gasteiger partial charge in [-0.1, -0.05) is 110 Å². The van der Waals surface area contributed by atoms with E-state index in [0.717, 1.165) is 25.7 Å². The molecule has 0 spiro atoms. The maximum absolute atomic E-state index is 15.6. The average Bonchev–Trinajstić information content (AvgIpc) is 3.35. The summed E-state index contributed by atoms with van der Waals surface area (Å²) < 4.78 is 49.0. The topological polar surface area (TPSA) is 111 Å². The van der Waals surface area contributed by atoms with Crippen molar-refractivity contribution in [3.05, 3.63) is 54.6 Å². The van der Waals surface area contributed by atoms with Gasteiger partial charge in [0.15, 0.2) is 26.5 Å². The summed E-state index contributed by atoms with van der Waals surface area (Å²) in [5.74, 6) is -0.796. The van der Waals surface area contributed by atoms with E-state index in [1.807, 2.05) is 18.2 Å². The summed E-state index contributed by atoms with van der Waals surface area (Å²) in [5.41, 5.74) is -1.07. The Kier molecular flexibility index (Phi) is 17.7. The predicted octanol–water partition coefficient (Wildman–Crippen LogP) is 10.2. The maximum Gasteiger partial charge on any atom is 0.305 e. The Morgan fingerprint density at radius 1 is 0.963 bits per heavy atom. The quantitative estimate of drug-likeness (QED) is 0.0547. The SMILES string of the molecule is CCCCC[C@@H](/C=C/[C@H]1[C@H](O[Si](C)(C)C(C)(C)C)C[C@H](NCC(C)(C)O)[C@@]1(C/C=C\CCCC(=O)OC)S(=O)(=O)c1ccccc1)O[Si](C)(C)C(C)(C)C. The lowest BCUT2D eigenvalue weighted by Crippen LogP contribution is -2.57. The van der Waals surface area contributed by atoms with Crippen LogP contribution in [0.4, 0.5) is 0 Å². The number of methoxy groups -OCH3 is 1. The molecule has 0 bridgehead atoms. The second-order valence-corrected chi connectivity index (χ2v) is 30.9. The highest BCUT2D eigenvalue weighted by molar-refractivity contribution is 7.93. The number of ether oxygens (including phenoxy) is 1. The van der Waals surface area contributed by atoms with Crippen LogP contribution >= 0.6 is 0 Å². The molecule has 1 aromatic carbocycles. The summed E-state index contributed by atoms with van der Waals surface area (Å²) in [6.07, 6.45) is 14.0. The molecular weight excluding hydrogens is 731 g/mol. The van der Waals surface area contributed by atoms with Crippen LogP contribution in [0.5, 0.6) is 0 Å². The van der Waals surface area contributed by atoms with Crippen molar-refractivity contribution in [1.29, 1.82) is 0 Å². The number of aliphatic hydroxyl groups is 1. The summed E-state index contributed by atoms with van der Waals surface area (Å²) >= 11 is 0. The van der Waals surface area contributed by atoms with Crippen LogP contribution in [-0.4, -0.2) is 78.4 Å². The number of unbranched alkanes of at least 4 members (excludes halogenated alkanes) is 3. The van der Waals surface area contributed by atoms with Crippen LogP contribution in [0.15, 0.2) is 59.5 Å². The van der Waals surface area contributed by atoms with Gasteiger partial charge in [0.25, 0.3) is 0 Å². The van der Waals surface area contributed by atoms with E-state index in [-0.39, 0.29) is 40.0 Å². The molecule has 5 atom stereocenters. The molecule has 2 N–H and O–H groups in total. The van der Waals surface area contributed by atoms with Crippen molar-refractivity contribution in [3.63, 3.8) is 0 Å². The highest BCUT2D eigenvalue weighted by Crippen LogP contribution is 2.52. The molecular formula is C43H77NO7SSi2. The number of rotatable bonds is 21. The van der Waals surface area contributed by atoms with Crippen molar-refractivity contribution in [3.8, 4) is 0 Å². The molecule has 0 aromatic heterocycles. The molecule has 2 rings (SSSR count). The van der Waals surface area contributed by atoms with Gasteiger partial charge >= 0.3 is 5.97 Å². The van der Waals surface area contributed by atoms with Crippen molar-refractivity contribution in [2.75, 3.05) is 13.7 Å². The Labute approximate surface area is 332 Å². The Hall–Kier alpha value is -1.61. The molecule has 54 heavy (non-hydrogen) atoms. The number of allylic oxidation sites excluding steroid dienone is 2. The molecule has 0 aliphatic heterocycles. The number of esters is 1. The first kappa shape index (κ1) is 48.5. The minimum atomic E-state index is -4.05. The molecule has 1 saturated carbocycles. The number of benzene rings is 1. The van der Waals surface area contributed by atoms with Gasteiger partial charge in [-0.15, -0.1) is 0 Å². The van der Waals surface area contributed by atoms with Crippen molar-refractivity contribution >= 4 is 32.4 Å². The summed E-state index contributed by atoms with van der Waals surface area (Å²) in [5, 5.41) is 14.5. The monoisotopic (exact) mass is 807 g/mol. The number of hydrogen-bond acceptors (Lipinski definition) is 8. The Morgan fingerprint density at radius 3 is 2.11 bits per heavy atom. The van der Waals surface area contributed by atoms with E-state index in [1.165, 1.54) is 7.11 Å². The van der Waals surface area contributed by atoms with Crippen LogP contribution in [0, 0.1) is 5.92 Å². The zero-order valence-electron chi connectivity index (χ0n) is 36.4. The lowest BCUT2D eigenvalue weighted by Gasteiger charge is -2.43. The Balaban J connectivity index is 2.95. The van der Waals surface area contributed by atoms with Crippen LogP contribution in [0.3, 0.4) is 0 Å². The fraction of sp³-hybridized carbons (Fsp3) is 0.744. The number of sulfone groups is 1. The van der Waals surface area contributed by atoms with Crippen LogP contribution < -0.4 is 5.32 Å². The van der Waals surface area contributed by atoms with Crippen molar-refractivity contribution < 1.29 is 31.9 Å². The zero-order valence-corrected chi connectivity index (χ0v) is 39.2. The predicted molar refractivity (Wildman–Crippen MR) is 230 cm³/mol. The molecule has 1 aliphatic rings. The van der Waals surface area contributed by atoms with Crippen molar-refractivity contribution in [1.82, 2.24) is 5.32 Å². The molecule has 310 valence electrons. The molecule has 1 fully saturated rings. The summed E-state index contributed by atoms with van der Waals surface area (Å²) in [6, 6.07) is 8.25. The van der Waals surface area contributed by atoms with Gasteiger partial charge in [0, 0.05) is 24.9 Å². The minimum absolute atomic E-state index is 0.0103. The minimum Gasteiger partial charge on any atom is -0.469 e. The number of nitrogens with one attached hydrogen (secondary N) is 1. The van der Waals surface area contributed by atoms with Gasteiger partial charge in [-0.05, 0) is 94.3 Å². The van der Waals surface area contributed by atoms with E-state index in [1.54, 1.807) is 38.1 Å². The third-order valence-corrected chi connectivity index (χ3v) is 23.7. The van der Waals surface area contributed by atoms with E-state index in [9.17, 15) is 9.90 Å². The first-order chi connectivity index (χ1) is 24.8. The molecule has 0 saturated heterocycles. The van der Waals surface area contributed by atoms with Gasteiger partial charge < -0.3 is 24.0 Å². The maximum atomic E-state index is 15.6. The molecule has 0 unspecified atom stereocenters. The lowest BCUT2D eigenvalue weighted by molar-refractivity contribution is -0.140. The number of carbonyl (C=O) groups excluding carboxylic acids is 1. The van der Waals surface area contributed by atoms with Gasteiger partial charge in [0.2, 0.25) is 0 Å². The second-order valence-electron chi connectivity index (χ2n) is 19.1. The van der Waals surface area contributed by atoms with Crippen LogP contribution in [0.1, 0.15) is 120 Å². The standard InChI is InChI=1S/C43H77NO7SSi2/c1-15-16-20-25-34(50-53(11,12)40(2,3)4)29-30-36-37(51-54(13,14)41(5,6)7)32-38(44-33-42(8,9)46)43(36,31-24-18-17-23-28-39(45)49-10)52(47,48)35-26-21-19-22-27-35/h18-19,21-22,24,26-27,29-30,34,36-38,44,46H,15-17,20,23,25,28,31-33H2,1-14H3/b24-18-,30-29+/t34-,36-,37+,38-,43-/m0/s1. The van der Waals surface area contributed by atoms with Crippen LogP contribution in [-0.2, 0) is 28.2 Å². The first-order valence-corrected chi connectivity index (χ1v) is 27.6. The van der Waals surface area contributed by atoms with E-state index in [2.05, 4.69) is 92.1 Å². The lowest BCUT2D eigenvalue weighted by atomic mass is 9.87. The largest absolute Gasteiger partial charge is 0.469 e. The zero-order chi connectivity index (χ0) is 41.2. The molecule has 0 heterocycles. The van der Waals surface area contributed by atoms with Crippen LogP contribution in [0.2, 0.25) is 36.3 Å². The van der Waals surface area contributed by atoms with Gasteiger partial charge in [-0.3, -0.25) is 4.79 Å². The molecule has 1 aliphatic carbocycles. The molecule has 0 radical (unpaired) electrons. The molecule has 8 nitrogen and oxygen atoms in total. The van der Waals surface area contributed by atoms with E-state index in [4.69, 9.17) is 13.6 Å². The van der Waals surface area contributed by atoms with Gasteiger partial charge in [0.1, 0.15) is 4.75 Å². The van der Waals surface area contributed by atoms with Gasteiger partial charge in [0.05, 0.1) is 29.8 Å². The van der Waals surface area contributed by atoms with Crippen molar-refractivity contribution in [2.24, 2.45) is 5.92 Å². The van der Waals surface area contributed by atoms with E-state index < -0.39 is 54.9 Å². The fourth-order valence-corrected chi connectivity index (χ4v) is 11.8. The molecule has 11 heteroatoms. The summed E-state index contributed by atoms with van der Waals surface area (Å²) in [6.45, 7) is 28.3. The molecule has 1 aromatic rings. The summed E-state index contributed by atoms with van der Waals surface area (Å²) in [7, 11) is -7.24. The first-order valence-electron chi connectivity index (χ1n) is 20.3. The van der Waals surface area contributed by atoms with E-state index in [0.29, 0.717) is 25.7 Å². The second kappa shape index (κ2) is 19.7. The highest BCUT2D eigenvalue weighted by Gasteiger charge is 2.63. The van der Waals surface area contributed by atoms with Gasteiger partial charge in [-0.2, -0.15) is 0 Å². The highest BCUT2D eigenvalue weighted by atomic mass is 32.2. The third-order valence-electron chi connectivity index (χ3n) is 12.1. The normalized spacial score (nSPS) is 22.7. The third kappa shape index (κ3) is 13.0.